The molecule has 2 atom stereocenters. The number of carboxylic acids is 1. The van der Waals surface area contributed by atoms with Crippen LogP contribution in [0, 0.1) is 19.7 Å². The molecule has 0 aromatic heterocycles. The first-order chi connectivity index (χ1) is 12.3. The molecule has 2 aromatic carbocycles. The van der Waals surface area contributed by atoms with Gasteiger partial charge in [-0.3, -0.25) is 4.79 Å². The normalized spacial score (nSPS) is 18.3. The first kappa shape index (κ1) is 17.9. The van der Waals surface area contributed by atoms with Crippen LogP contribution < -0.4 is 10.1 Å². The Hall–Kier alpha value is -2.89. The lowest BCUT2D eigenvalue weighted by atomic mass is 10.0. The number of halogens is 1. The summed E-state index contributed by atoms with van der Waals surface area (Å²) in [6.45, 7) is 3.12. The topological polar surface area (TPSA) is 75.6 Å². The highest BCUT2D eigenvalue weighted by molar-refractivity contribution is 5.95. The Balaban J connectivity index is 1.66. The Kier molecular flexibility index (Phi) is 4.93. The molecule has 2 N–H and O–H groups in total. The summed E-state index contributed by atoms with van der Waals surface area (Å²) < 4.78 is 18.6. The van der Waals surface area contributed by atoms with Crippen molar-refractivity contribution in [1.29, 1.82) is 0 Å². The number of nitrogens with one attached hydrogen (secondary N) is 1. The second kappa shape index (κ2) is 7.15. The van der Waals surface area contributed by atoms with Gasteiger partial charge in [0, 0.05) is 17.5 Å². The zero-order valence-corrected chi connectivity index (χ0v) is 14.6. The van der Waals surface area contributed by atoms with Gasteiger partial charge >= 0.3 is 5.97 Å². The number of ether oxygens (including phenoxy) is 1. The average molecular weight is 357 g/mol. The number of hydrogen-bond acceptors (Lipinski definition) is 3. The van der Waals surface area contributed by atoms with Crippen molar-refractivity contribution in [2.45, 2.75) is 32.2 Å². The van der Waals surface area contributed by atoms with Crippen LogP contribution in [0.4, 0.5) is 4.39 Å². The molecule has 0 spiro atoms. The molecular formula is C20H20FNO4. The van der Waals surface area contributed by atoms with Crippen LogP contribution in [0.1, 0.15) is 39.4 Å². The van der Waals surface area contributed by atoms with Gasteiger partial charge in [-0.15, -0.1) is 0 Å². The summed E-state index contributed by atoms with van der Waals surface area (Å²) in [6.07, 6.45) is 0.785. The van der Waals surface area contributed by atoms with Crippen LogP contribution >= 0.6 is 0 Å². The third kappa shape index (κ3) is 4.02. The number of rotatable bonds is 6. The van der Waals surface area contributed by atoms with Gasteiger partial charge in [-0.25, -0.2) is 9.18 Å². The van der Waals surface area contributed by atoms with Crippen molar-refractivity contribution in [3.63, 3.8) is 0 Å². The molecule has 2 aromatic rings. The Morgan fingerprint density at radius 1 is 1.23 bits per heavy atom. The van der Waals surface area contributed by atoms with Gasteiger partial charge in [0.2, 0.25) is 0 Å². The first-order valence-electron chi connectivity index (χ1n) is 8.37. The number of carbonyl (C=O) groups excluding carboxylic acids is 1. The lowest BCUT2D eigenvalue weighted by molar-refractivity contribution is -0.139. The SMILES string of the molecule is Cc1cc(C(=O)NC2CC2c2cccc(F)c2)cc(C)c1OCC(=O)O. The molecule has 0 radical (unpaired) electrons. The molecule has 0 aliphatic heterocycles. The molecule has 6 heteroatoms. The smallest absolute Gasteiger partial charge is 0.341 e. The maximum absolute atomic E-state index is 13.3. The molecule has 1 saturated carbocycles. The van der Waals surface area contributed by atoms with E-state index < -0.39 is 12.6 Å². The molecule has 5 nitrogen and oxygen atoms in total. The predicted molar refractivity (Wildman–Crippen MR) is 94.1 cm³/mol. The second-order valence-corrected chi connectivity index (χ2v) is 6.60. The van der Waals surface area contributed by atoms with Gasteiger partial charge in [-0.05, 0) is 61.2 Å². The summed E-state index contributed by atoms with van der Waals surface area (Å²) in [4.78, 5) is 23.2. The molecule has 3 rings (SSSR count). The van der Waals surface area contributed by atoms with E-state index in [1.807, 2.05) is 6.07 Å². The lowest BCUT2D eigenvalue weighted by Gasteiger charge is -2.13. The number of hydrogen-bond donors (Lipinski definition) is 2. The Labute approximate surface area is 150 Å². The van der Waals surface area contributed by atoms with E-state index in [0.29, 0.717) is 22.4 Å². The molecule has 1 aliphatic rings. The minimum atomic E-state index is -1.05. The van der Waals surface area contributed by atoms with E-state index in [1.165, 1.54) is 12.1 Å². The molecule has 1 amide bonds. The van der Waals surface area contributed by atoms with Gasteiger partial charge in [-0.1, -0.05) is 12.1 Å². The monoisotopic (exact) mass is 357 g/mol. The predicted octanol–water partition coefficient (Wildman–Crippen LogP) is 3.19. The fraction of sp³-hybridized carbons (Fsp3) is 0.300. The molecule has 2 unspecified atom stereocenters. The Morgan fingerprint density at radius 2 is 1.92 bits per heavy atom. The zero-order chi connectivity index (χ0) is 18.8. The number of aryl methyl sites for hydroxylation is 2. The van der Waals surface area contributed by atoms with Gasteiger partial charge in [0.25, 0.3) is 5.91 Å². The third-order valence-corrected chi connectivity index (χ3v) is 4.45. The minimum absolute atomic E-state index is 0.00662. The molecule has 0 saturated heterocycles. The number of benzene rings is 2. The summed E-state index contributed by atoms with van der Waals surface area (Å²) in [6, 6.07) is 9.79. The summed E-state index contributed by atoms with van der Waals surface area (Å²) >= 11 is 0. The zero-order valence-electron chi connectivity index (χ0n) is 14.6. The number of carboxylic acid groups (broad SMARTS) is 1. The van der Waals surface area contributed by atoms with Crippen molar-refractivity contribution in [2.75, 3.05) is 6.61 Å². The van der Waals surface area contributed by atoms with Crippen LogP contribution in [0.5, 0.6) is 5.75 Å². The van der Waals surface area contributed by atoms with Crippen molar-refractivity contribution in [1.82, 2.24) is 5.32 Å². The van der Waals surface area contributed by atoms with E-state index in [-0.39, 0.29) is 23.7 Å². The quantitative estimate of drug-likeness (QED) is 0.832. The van der Waals surface area contributed by atoms with Crippen LogP contribution in [0.3, 0.4) is 0 Å². The summed E-state index contributed by atoms with van der Waals surface area (Å²) in [5.41, 5.74) is 2.79. The van der Waals surface area contributed by atoms with Crippen molar-refractivity contribution in [2.24, 2.45) is 0 Å². The largest absolute Gasteiger partial charge is 0.481 e. The summed E-state index contributed by atoms with van der Waals surface area (Å²) in [5.74, 6) is -0.918. The van der Waals surface area contributed by atoms with Gasteiger partial charge < -0.3 is 15.2 Å². The molecule has 26 heavy (non-hydrogen) atoms. The highest BCUT2D eigenvalue weighted by atomic mass is 19.1. The van der Waals surface area contributed by atoms with Crippen molar-refractivity contribution >= 4 is 11.9 Å². The second-order valence-electron chi connectivity index (χ2n) is 6.60. The van der Waals surface area contributed by atoms with Crippen molar-refractivity contribution < 1.29 is 23.8 Å². The van der Waals surface area contributed by atoms with Crippen LogP contribution in [-0.4, -0.2) is 29.6 Å². The van der Waals surface area contributed by atoms with E-state index in [9.17, 15) is 14.0 Å². The van der Waals surface area contributed by atoms with Crippen LogP contribution in [0.2, 0.25) is 0 Å². The minimum Gasteiger partial charge on any atom is -0.481 e. The standard InChI is InChI=1S/C20H20FNO4/c1-11-6-14(7-12(2)19(11)26-10-18(23)24)20(25)22-17-9-16(17)13-4-3-5-15(21)8-13/h3-8,16-17H,9-10H2,1-2H3,(H,22,25)(H,23,24). The van der Waals surface area contributed by atoms with E-state index in [0.717, 1.165) is 12.0 Å². The highest BCUT2D eigenvalue weighted by Crippen LogP contribution is 2.41. The summed E-state index contributed by atoms with van der Waals surface area (Å²) in [7, 11) is 0. The van der Waals surface area contributed by atoms with E-state index in [1.54, 1.807) is 32.0 Å². The van der Waals surface area contributed by atoms with E-state index >= 15 is 0 Å². The maximum atomic E-state index is 13.3. The van der Waals surface area contributed by atoms with Crippen molar-refractivity contribution in [3.05, 3.63) is 64.5 Å². The molecule has 1 fully saturated rings. The highest BCUT2D eigenvalue weighted by Gasteiger charge is 2.39. The first-order valence-corrected chi connectivity index (χ1v) is 8.37. The van der Waals surface area contributed by atoms with Crippen LogP contribution in [0.15, 0.2) is 36.4 Å². The van der Waals surface area contributed by atoms with E-state index in [2.05, 4.69) is 5.32 Å². The maximum Gasteiger partial charge on any atom is 0.341 e. The number of aliphatic carboxylic acids is 1. The number of amides is 1. The molecule has 1 aliphatic carbocycles. The molecular weight excluding hydrogens is 337 g/mol. The molecule has 0 bridgehead atoms. The van der Waals surface area contributed by atoms with Gasteiger partial charge in [-0.2, -0.15) is 0 Å². The Morgan fingerprint density at radius 3 is 2.54 bits per heavy atom. The Bertz CT molecular complexity index is 842. The lowest BCUT2D eigenvalue weighted by Crippen LogP contribution is -2.26. The van der Waals surface area contributed by atoms with Crippen LogP contribution in [-0.2, 0) is 4.79 Å². The fourth-order valence-corrected chi connectivity index (χ4v) is 3.15. The third-order valence-electron chi connectivity index (χ3n) is 4.45. The fourth-order valence-electron chi connectivity index (χ4n) is 3.15. The van der Waals surface area contributed by atoms with Gasteiger partial charge in [0.1, 0.15) is 11.6 Å². The molecule has 0 heterocycles. The number of carbonyl (C=O) groups is 2. The summed E-state index contributed by atoms with van der Waals surface area (Å²) in [5, 5.41) is 11.7. The van der Waals surface area contributed by atoms with Gasteiger partial charge in [0.15, 0.2) is 6.61 Å². The van der Waals surface area contributed by atoms with E-state index in [4.69, 9.17) is 9.84 Å². The molecule has 136 valence electrons. The van der Waals surface area contributed by atoms with Crippen LogP contribution in [0.25, 0.3) is 0 Å². The average Bonchev–Trinajstić information content (AvgIpc) is 3.32. The van der Waals surface area contributed by atoms with Gasteiger partial charge in [0.05, 0.1) is 0 Å². The van der Waals surface area contributed by atoms with Crippen molar-refractivity contribution in [3.8, 4) is 5.75 Å².